The lowest BCUT2D eigenvalue weighted by molar-refractivity contribution is -0.116. The lowest BCUT2D eigenvalue weighted by Gasteiger charge is -2.10. The quantitative estimate of drug-likeness (QED) is 0.849. The van der Waals surface area contributed by atoms with E-state index in [9.17, 15) is 4.79 Å². The summed E-state index contributed by atoms with van der Waals surface area (Å²) in [6.07, 6.45) is 3.11. The summed E-state index contributed by atoms with van der Waals surface area (Å²) in [6, 6.07) is 9.88. The van der Waals surface area contributed by atoms with Crippen LogP contribution in [0.4, 0.5) is 5.69 Å². The molecule has 0 spiro atoms. The predicted molar refractivity (Wildman–Crippen MR) is 73.7 cm³/mol. The van der Waals surface area contributed by atoms with E-state index in [0.717, 1.165) is 23.4 Å². The molecule has 0 saturated carbocycles. The lowest BCUT2D eigenvalue weighted by Crippen LogP contribution is -2.13. The molecule has 0 unspecified atom stereocenters. The number of carbonyl (C=O) groups excluding carboxylic acids is 1. The van der Waals surface area contributed by atoms with Crippen LogP contribution in [0.2, 0.25) is 0 Å². The van der Waals surface area contributed by atoms with E-state index < -0.39 is 0 Å². The molecule has 1 aromatic heterocycles. The molecule has 3 nitrogen and oxygen atoms in total. The number of benzene rings is 1. The lowest BCUT2D eigenvalue weighted by atomic mass is 10.1. The van der Waals surface area contributed by atoms with Crippen molar-refractivity contribution in [3.63, 3.8) is 0 Å². The molecule has 0 radical (unpaired) electrons. The number of aromatic amines is 1. The van der Waals surface area contributed by atoms with Gasteiger partial charge in [-0.25, -0.2) is 0 Å². The van der Waals surface area contributed by atoms with Gasteiger partial charge in [-0.1, -0.05) is 12.1 Å². The van der Waals surface area contributed by atoms with Crippen molar-refractivity contribution in [3.8, 4) is 0 Å². The molecule has 0 saturated heterocycles. The van der Waals surface area contributed by atoms with Crippen LogP contribution in [-0.4, -0.2) is 10.9 Å². The largest absolute Gasteiger partial charge is 0.365 e. The number of anilines is 1. The zero-order valence-corrected chi connectivity index (χ0v) is 10.8. The zero-order chi connectivity index (χ0) is 13.0. The first-order valence-electron chi connectivity index (χ1n) is 6.15. The standard InChI is InChI=1S/C15H18N2O/c1-11-5-3-7-14(12(11)2)17-15(18)9-8-13-6-4-10-16-13/h3-7,10,16H,8-9H2,1-2H3,(H,17,18). The summed E-state index contributed by atoms with van der Waals surface area (Å²) in [5.74, 6) is 0.0540. The van der Waals surface area contributed by atoms with Gasteiger partial charge in [0.05, 0.1) is 0 Å². The molecule has 3 heteroatoms. The third-order valence-electron chi connectivity index (χ3n) is 3.16. The molecule has 0 fully saturated rings. The Morgan fingerprint density at radius 2 is 2.06 bits per heavy atom. The second kappa shape index (κ2) is 5.54. The highest BCUT2D eigenvalue weighted by Crippen LogP contribution is 2.18. The number of hydrogen-bond donors (Lipinski definition) is 2. The Morgan fingerprint density at radius 1 is 1.22 bits per heavy atom. The van der Waals surface area contributed by atoms with Gasteiger partial charge in [0.25, 0.3) is 0 Å². The third-order valence-corrected chi connectivity index (χ3v) is 3.16. The van der Waals surface area contributed by atoms with Crippen molar-refractivity contribution in [2.75, 3.05) is 5.32 Å². The first-order chi connectivity index (χ1) is 8.66. The number of aryl methyl sites for hydroxylation is 2. The summed E-state index contributed by atoms with van der Waals surface area (Å²) in [7, 11) is 0. The molecule has 1 amide bonds. The molecular weight excluding hydrogens is 224 g/mol. The minimum absolute atomic E-state index is 0.0540. The van der Waals surface area contributed by atoms with Gasteiger partial charge in [0, 0.05) is 24.0 Å². The van der Waals surface area contributed by atoms with Gasteiger partial charge < -0.3 is 10.3 Å². The summed E-state index contributed by atoms with van der Waals surface area (Å²) in [4.78, 5) is 14.9. The maximum absolute atomic E-state index is 11.8. The van der Waals surface area contributed by atoms with Gasteiger partial charge in [-0.05, 0) is 49.6 Å². The van der Waals surface area contributed by atoms with Crippen LogP contribution in [0.25, 0.3) is 0 Å². The molecular formula is C15H18N2O. The predicted octanol–water partition coefficient (Wildman–Crippen LogP) is 3.20. The molecule has 0 aliphatic carbocycles. The van der Waals surface area contributed by atoms with Crippen molar-refractivity contribution in [2.24, 2.45) is 0 Å². The molecule has 1 heterocycles. The molecule has 0 bridgehead atoms. The van der Waals surface area contributed by atoms with Gasteiger partial charge in [-0.2, -0.15) is 0 Å². The van der Waals surface area contributed by atoms with Crippen LogP contribution in [-0.2, 0) is 11.2 Å². The SMILES string of the molecule is Cc1cccc(NC(=O)CCc2ccc[nH]2)c1C. The smallest absolute Gasteiger partial charge is 0.224 e. The molecule has 94 valence electrons. The normalized spacial score (nSPS) is 10.3. The van der Waals surface area contributed by atoms with Gasteiger partial charge in [-0.15, -0.1) is 0 Å². The monoisotopic (exact) mass is 242 g/mol. The maximum atomic E-state index is 11.8. The molecule has 0 atom stereocenters. The molecule has 18 heavy (non-hydrogen) atoms. The second-order valence-electron chi connectivity index (χ2n) is 4.49. The van der Waals surface area contributed by atoms with Crippen molar-refractivity contribution in [1.82, 2.24) is 4.98 Å². The average molecular weight is 242 g/mol. The Morgan fingerprint density at radius 3 is 2.78 bits per heavy atom. The number of rotatable bonds is 4. The first kappa shape index (κ1) is 12.4. The van der Waals surface area contributed by atoms with E-state index in [1.807, 2.05) is 50.4 Å². The van der Waals surface area contributed by atoms with E-state index in [2.05, 4.69) is 10.3 Å². The van der Waals surface area contributed by atoms with E-state index >= 15 is 0 Å². The van der Waals surface area contributed by atoms with Crippen molar-refractivity contribution < 1.29 is 4.79 Å². The molecule has 2 rings (SSSR count). The summed E-state index contributed by atoms with van der Waals surface area (Å²) >= 11 is 0. The average Bonchev–Trinajstić information content (AvgIpc) is 2.86. The highest BCUT2D eigenvalue weighted by molar-refractivity contribution is 5.91. The van der Waals surface area contributed by atoms with Crippen molar-refractivity contribution in [1.29, 1.82) is 0 Å². The second-order valence-corrected chi connectivity index (χ2v) is 4.49. The van der Waals surface area contributed by atoms with Crippen LogP contribution in [0.1, 0.15) is 23.2 Å². The van der Waals surface area contributed by atoms with Gasteiger partial charge >= 0.3 is 0 Å². The van der Waals surface area contributed by atoms with E-state index in [0.29, 0.717) is 6.42 Å². The molecule has 2 N–H and O–H groups in total. The van der Waals surface area contributed by atoms with E-state index in [-0.39, 0.29) is 5.91 Å². The number of hydrogen-bond acceptors (Lipinski definition) is 1. The Hall–Kier alpha value is -2.03. The maximum Gasteiger partial charge on any atom is 0.224 e. The van der Waals surface area contributed by atoms with Crippen LogP contribution in [0.5, 0.6) is 0 Å². The highest BCUT2D eigenvalue weighted by Gasteiger charge is 2.06. The van der Waals surface area contributed by atoms with Crippen LogP contribution in [0.15, 0.2) is 36.5 Å². The van der Waals surface area contributed by atoms with Gasteiger partial charge in [0.15, 0.2) is 0 Å². The first-order valence-corrected chi connectivity index (χ1v) is 6.15. The highest BCUT2D eigenvalue weighted by atomic mass is 16.1. The van der Waals surface area contributed by atoms with Crippen LogP contribution >= 0.6 is 0 Å². The Kier molecular flexibility index (Phi) is 3.82. The summed E-state index contributed by atoms with van der Waals surface area (Å²) < 4.78 is 0. The van der Waals surface area contributed by atoms with Crippen molar-refractivity contribution in [3.05, 3.63) is 53.3 Å². The van der Waals surface area contributed by atoms with Gasteiger partial charge in [0.1, 0.15) is 0 Å². The molecule has 0 aliphatic rings. The van der Waals surface area contributed by atoms with E-state index in [1.165, 1.54) is 5.56 Å². The van der Waals surface area contributed by atoms with Crippen LogP contribution in [0, 0.1) is 13.8 Å². The topological polar surface area (TPSA) is 44.9 Å². The van der Waals surface area contributed by atoms with Crippen LogP contribution < -0.4 is 5.32 Å². The van der Waals surface area contributed by atoms with Gasteiger partial charge in [-0.3, -0.25) is 4.79 Å². The zero-order valence-electron chi connectivity index (χ0n) is 10.8. The minimum atomic E-state index is 0.0540. The number of nitrogens with one attached hydrogen (secondary N) is 2. The molecule has 0 aliphatic heterocycles. The fraction of sp³-hybridized carbons (Fsp3) is 0.267. The summed E-state index contributed by atoms with van der Waals surface area (Å²) in [5.41, 5.74) is 4.32. The number of carbonyl (C=O) groups is 1. The van der Waals surface area contributed by atoms with Crippen molar-refractivity contribution in [2.45, 2.75) is 26.7 Å². The Balaban J connectivity index is 1.93. The fourth-order valence-corrected chi connectivity index (χ4v) is 1.87. The Labute approximate surface area is 107 Å². The summed E-state index contributed by atoms with van der Waals surface area (Å²) in [5, 5.41) is 2.96. The molecule has 1 aromatic carbocycles. The third kappa shape index (κ3) is 3.00. The number of H-pyrrole nitrogens is 1. The van der Waals surface area contributed by atoms with E-state index in [1.54, 1.807) is 0 Å². The number of amides is 1. The fourth-order valence-electron chi connectivity index (χ4n) is 1.87. The van der Waals surface area contributed by atoms with Crippen molar-refractivity contribution >= 4 is 11.6 Å². The van der Waals surface area contributed by atoms with Gasteiger partial charge in [0.2, 0.25) is 5.91 Å². The number of aromatic nitrogens is 1. The summed E-state index contributed by atoms with van der Waals surface area (Å²) in [6.45, 7) is 4.07. The van der Waals surface area contributed by atoms with E-state index in [4.69, 9.17) is 0 Å². The minimum Gasteiger partial charge on any atom is -0.365 e. The van der Waals surface area contributed by atoms with Crippen LogP contribution in [0.3, 0.4) is 0 Å². The Bertz CT molecular complexity index is 529. The molecule has 2 aromatic rings.